The van der Waals surface area contributed by atoms with E-state index in [-0.39, 0.29) is 18.4 Å². The van der Waals surface area contributed by atoms with Crippen molar-refractivity contribution in [2.75, 3.05) is 0 Å². The summed E-state index contributed by atoms with van der Waals surface area (Å²) in [4.78, 5) is 24.2. The van der Waals surface area contributed by atoms with E-state index in [4.69, 9.17) is 9.15 Å². The van der Waals surface area contributed by atoms with Gasteiger partial charge in [-0.2, -0.15) is 0 Å². The van der Waals surface area contributed by atoms with Gasteiger partial charge >= 0.3 is 0 Å². The minimum Gasteiger partial charge on any atom is -0.480 e. The molecule has 6 heteroatoms. The zero-order valence-corrected chi connectivity index (χ0v) is 12.7. The van der Waals surface area contributed by atoms with Crippen LogP contribution in [0.1, 0.15) is 18.2 Å². The molecule has 0 bridgehead atoms. The summed E-state index contributed by atoms with van der Waals surface area (Å²) in [5.74, 6) is 0.820. The first-order valence-corrected chi connectivity index (χ1v) is 7.48. The van der Waals surface area contributed by atoms with Gasteiger partial charge in [0, 0.05) is 6.42 Å². The monoisotopic (exact) mass is 314 g/mol. The molecule has 0 saturated carbocycles. The normalized spacial score (nSPS) is 17.0. The van der Waals surface area contributed by atoms with Crippen LogP contribution in [0.5, 0.6) is 5.75 Å². The topological polar surface area (TPSA) is 80.6 Å². The third-order valence-corrected chi connectivity index (χ3v) is 3.71. The Bertz CT molecular complexity index is 671. The van der Waals surface area contributed by atoms with Gasteiger partial charge in [-0.05, 0) is 30.7 Å². The lowest BCUT2D eigenvalue weighted by Gasteiger charge is -2.16. The van der Waals surface area contributed by atoms with E-state index in [1.54, 1.807) is 25.3 Å². The molecular weight excluding hydrogens is 296 g/mol. The van der Waals surface area contributed by atoms with Gasteiger partial charge in [-0.25, -0.2) is 0 Å². The number of nitrogens with one attached hydrogen (secondary N) is 2. The molecule has 2 amide bonds. The highest BCUT2D eigenvalue weighted by Gasteiger charge is 2.30. The molecule has 6 nitrogen and oxygen atoms in total. The molecule has 3 rings (SSSR count). The van der Waals surface area contributed by atoms with Crippen molar-refractivity contribution in [3.8, 4) is 5.75 Å². The maximum atomic E-state index is 12.2. The predicted octanol–water partition coefficient (Wildman–Crippen LogP) is 1.40. The lowest BCUT2D eigenvalue weighted by atomic mass is 10.1. The number of carbonyl (C=O) groups excluding carboxylic acids is 2. The fourth-order valence-electron chi connectivity index (χ4n) is 2.44. The Labute approximate surface area is 133 Å². The Balaban J connectivity index is 1.49. The zero-order valence-electron chi connectivity index (χ0n) is 12.7. The predicted molar refractivity (Wildman–Crippen MR) is 82.7 cm³/mol. The standard InChI is InChI=1S/C17H18N2O4/c1-11(16(20)18-10-13-6-4-8-22-13)19-17(21)15-9-12-5-2-3-7-14(12)23-15/h2-8,11,15H,9-10H2,1H3,(H,18,20)(H,19,21). The molecule has 1 aromatic carbocycles. The molecule has 1 aromatic heterocycles. The second kappa shape index (κ2) is 6.56. The molecule has 0 spiro atoms. The van der Waals surface area contributed by atoms with Crippen molar-refractivity contribution in [1.29, 1.82) is 0 Å². The van der Waals surface area contributed by atoms with E-state index in [1.807, 2.05) is 24.3 Å². The largest absolute Gasteiger partial charge is 0.480 e. The highest BCUT2D eigenvalue weighted by atomic mass is 16.5. The van der Waals surface area contributed by atoms with Crippen LogP contribution in [-0.4, -0.2) is 24.0 Å². The van der Waals surface area contributed by atoms with Crippen LogP contribution >= 0.6 is 0 Å². The van der Waals surface area contributed by atoms with Crippen LogP contribution in [0.4, 0.5) is 0 Å². The molecule has 2 unspecified atom stereocenters. The van der Waals surface area contributed by atoms with Gasteiger partial charge in [0.1, 0.15) is 17.6 Å². The Kier molecular flexibility index (Phi) is 4.32. The van der Waals surface area contributed by atoms with Crippen LogP contribution in [0.25, 0.3) is 0 Å². The fraction of sp³-hybridized carbons (Fsp3) is 0.294. The fourth-order valence-corrected chi connectivity index (χ4v) is 2.44. The molecule has 2 atom stereocenters. The van der Waals surface area contributed by atoms with Gasteiger partial charge < -0.3 is 19.8 Å². The summed E-state index contributed by atoms with van der Waals surface area (Å²) in [6.45, 7) is 1.93. The number of hydrogen-bond acceptors (Lipinski definition) is 4. The van der Waals surface area contributed by atoms with Crippen LogP contribution in [0.15, 0.2) is 47.1 Å². The molecule has 0 fully saturated rings. The van der Waals surface area contributed by atoms with Gasteiger partial charge in [-0.15, -0.1) is 0 Å². The maximum Gasteiger partial charge on any atom is 0.262 e. The van der Waals surface area contributed by atoms with E-state index in [0.717, 1.165) is 11.3 Å². The number of fused-ring (bicyclic) bond motifs is 1. The van der Waals surface area contributed by atoms with Gasteiger partial charge in [0.2, 0.25) is 5.91 Å². The van der Waals surface area contributed by atoms with Crippen molar-refractivity contribution in [3.05, 3.63) is 54.0 Å². The quantitative estimate of drug-likeness (QED) is 0.874. The highest BCUT2D eigenvalue weighted by Crippen LogP contribution is 2.28. The molecule has 2 heterocycles. The average Bonchev–Trinajstić information content (AvgIpc) is 3.21. The van der Waals surface area contributed by atoms with Crippen LogP contribution in [-0.2, 0) is 22.6 Å². The van der Waals surface area contributed by atoms with E-state index in [0.29, 0.717) is 12.2 Å². The second-order valence-electron chi connectivity index (χ2n) is 5.45. The first-order chi connectivity index (χ1) is 11.1. The molecule has 120 valence electrons. The van der Waals surface area contributed by atoms with Crippen LogP contribution < -0.4 is 15.4 Å². The molecule has 0 aliphatic carbocycles. The second-order valence-corrected chi connectivity index (χ2v) is 5.45. The summed E-state index contributed by atoms with van der Waals surface area (Å²) in [6, 6.07) is 10.4. The van der Waals surface area contributed by atoms with Crippen molar-refractivity contribution in [3.63, 3.8) is 0 Å². The Morgan fingerprint density at radius 2 is 2.09 bits per heavy atom. The van der Waals surface area contributed by atoms with Crippen LogP contribution in [0.3, 0.4) is 0 Å². The molecule has 1 aliphatic rings. The number of benzene rings is 1. The summed E-state index contributed by atoms with van der Waals surface area (Å²) >= 11 is 0. The van der Waals surface area contributed by atoms with E-state index < -0.39 is 12.1 Å². The van der Waals surface area contributed by atoms with Crippen molar-refractivity contribution >= 4 is 11.8 Å². The Hall–Kier alpha value is -2.76. The van der Waals surface area contributed by atoms with Crippen LogP contribution in [0, 0.1) is 0 Å². The average molecular weight is 314 g/mol. The number of para-hydroxylation sites is 1. The summed E-state index contributed by atoms with van der Waals surface area (Å²) in [5.41, 5.74) is 1.00. The first-order valence-electron chi connectivity index (χ1n) is 7.48. The molecule has 2 N–H and O–H groups in total. The number of ether oxygens (including phenoxy) is 1. The SMILES string of the molecule is CC(NC(=O)C1Cc2ccccc2O1)C(=O)NCc1ccco1. The number of hydrogen-bond donors (Lipinski definition) is 2. The lowest BCUT2D eigenvalue weighted by Crippen LogP contribution is -2.48. The van der Waals surface area contributed by atoms with Crippen molar-refractivity contribution in [1.82, 2.24) is 10.6 Å². The molecular formula is C17H18N2O4. The Morgan fingerprint density at radius 1 is 1.26 bits per heavy atom. The minimum atomic E-state index is -0.648. The molecule has 1 aliphatic heterocycles. The van der Waals surface area contributed by atoms with Crippen molar-refractivity contribution in [2.24, 2.45) is 0 Å². The van der Waals surface area contributed by atoms with Gasteiger partial charge in [-0.1, -0.05) is 18.2 Å². The molecule has 23 heavy (non-hydrogen) atoms. The summed E-state index contributed by atoms with van der Waals surface area (Å²) in [5, 5.41) is 5.39. The minimum absolute atomic E-state index is 0.273. The van der Waals surface area contributed by atoms with Crippen LogP contribution in [0.2, 0.25) is 0 Å². The van der Waals surface area contributed by atoms with E-state index >= 15 is 0 Å². The summed E-state index contributed by atoms with van der Waals surface area (Å²) in [7, 11) is 0. The first kappa shape index (κ1) is 15.1. The third-order valence-electron chi connectivity index (χ3n) is 3.71. The summed E-state index contributed by atoms with van der Waals surface area (Å²) in [6.07, 6.45) is 1.47. The van der Waals surface area contributed by atoms with Crippen molar-refractivity contribution in [2.45, 2.75) is 32.0 Å². The third kappa shape index (κ3) is 3.53. The van der Waals surface area contributed by atoms with Gasteiger partial charge in [0.05, 0.1) is 12.8 Å². The zero-order chi connectivity index (χ0) is 16.2. The lowest BCUT2D eigenvalue weighted by molar-refractivity contribution is -0.132. The molecule has 0 saturated heterocycles. The number of carbonyl (C=O) groups is 2. The maximum absolute atomic E-state index is 12.2. The number of rotatable bonds is 5. The van der Waals surface area contributed by atoms with Gasteiger partial charge in [0.25, 0.3) is 5.91 Å². The number of amides is 2. The van der Waals surface area contributed by atoms with Crippen molar-refractivity contribution < 1.29 is 18.7 Å². The van der Waals surface area contributed by atoms with E-state index in [2.05, 4.69) is 10.6 Å². The van der Waals surface area contributed by atoms with E-state index in [1.165, 1.54) is 0 Å². The Morgan fingerprint density at radius 3 is 2.83 bits per heavy atom. The van der Waals surface area contributed by atoms with Gasteiger partial charge in [0.15, 0.2) is 6.10 Å². The smallest absolute Gasteiger partial charge is 0.262 e. The van der Waals surface area contributed by atoms with Gasteiger partial charge in [-0.3, -0.25) is 9.59 Å². The highest BCUT2D eigenvalue weighted by molar-refractivity contribution is 5.89. The number of furan rings is 1. The molecule has 2 aromatic rings. The van der Waals surface area contributed by atoms with E-state index in [9.17, 15) is 9.59 Å². The summed E-state index contributed by atoms with van der Waals surface area (Å²) < 4.78 is 10.7. The molecule has 0 radical (unpaired) electrons.